The van der Waals surface area contributed by atoms with Gasteiger partial charge in [-0.05, 0) is 50.9 Å². The highest BCUT2D eigenvalue weighted by Crippen LogP contribution is 2.30. The molecule has 18 heavy (non-hydrogen) atoms. The highest BCUT2D eigenvalue weighted by atomic mass is 16.5. The summed E-state index contributed by atoms with van der Waals surface area (Å²) in [5.41, 5.74) is 2.09. The lowest BCUT2D eigenvalue weighted by Gasteiger charge is -2.31. The summed E-state index contributed by atoms with van der Waals surface area (Å²) < 4.78 is 5.25. The van der Waals surface area contributed by atoms with Gasteiger partial charge in [0, 0.05) is 12.1 Å². The van der Waals surface area contributed by atoms with Crippen LogP contribution in [-0.2, 0) is 6.54 Å². The highest BCUT2D eigenvalue weighted by Gasteiger charge is 2.31. The topological polar surface area (TPSA) is 36.3 Å². The zero-order valence-electron chi connectivity index (χ0n) is 11.4. The van der Waals surface area contributed by atoms with Gasteiger partial charge in [0.25, 0.3) is 0 Å². The zero-order chi connectivity index (χ0) is 13.2. The molecule has 3 heteroatoms. The van der Waals surface area contributed by atoms with Gasteiger partial charge in [-0.3, -0.25) is 4.90 Å². The van der Waals surface area contributed by atoms with Gasteiger partial charge >= 0.3 is 0 Å². The third-order valence-corrected chi connectivity index (χ3v) is 3.83. The fourth-order valence-corrected chi connectivity index (χ4v) is 2.60. The van der Waals surface area contributed by atoms with Crippen LogP contribution in [0.2, 0.25) is 0 Å². The van der Waals surface area contributed by atoms with E-state index in [1.165, 1.54) is 18.4 Å². The largest absolute Gasteiger partial charge is 0.495 e. The second-order valence-corrected chi connectivity index (χ2v) is 5.48. The molecular weight excluding hydrogens is 224 g/mol. The van der Waals surface area contributed by atoms with E-state index in [0.717, 1.165) is 13.1 Å². The lowest BCUT2D eigenvalue weighted by molar-refractivity contribution is 0.166. The van der Waals surface area contributed by atoms with Crippen LogP contribution in [0.4, 0.5) is 0 Å². The van der Waals surface area contributed by atoms with Gasteiger partial charge in [0.2, 0.25) is 0 Å². The Kier molecular flexibility index (Phi) is 3.58. The van der Waals surface area contributed by atoms with E-state index in [-0.39, 0.29) is 5.54 Å². The third-order valence-electron chi connectivity index (χ3n) is 3.83. The summed E-state index contributed by atoms with van der Waals surface area (Å²) in [7, 11) is 1.61. The van der Waals surface area contributed by atoms with Crippen molar-refractivity contribution in [2.75, 3.05) is 13.7 Å². The molecule has 1 aliphatic rings. The molecule has 1 aromatic rings. The minimum atomic E-state index is 0.279. The van der Waals surface area contributed by atoms with E-state index >= 15 is 0 Å². The molecule has 1 saturated heterocycles. The van der Waals surface area contributed by atoms with Crippen molar-refractivity contribution in [3.63, 3.8) is 0 Å². The predicted octanol–water partition coefficient (Wildman–Crippen LogP) is 2.94. The average molecular weight is 244 g/mol. The lowest BCUT2D eigenvalue weighted by atomic mass is 10.0. The molecule has 1 fully saturated rings. The SMILES string of the molecule is COc1cc(CN2CCCC2(C)C)ccc1C#N. The van der Waals surface area contributed by atoms with Crippen molar-refractivity contribution in [3.8, 4) is 11.8 Å². The first-order valence-corrected chi connectivity index (χ1v) is 6.39. The minimum absolute atomic E-state index is 0.279. The molecule has 0 bridgehead atoms. The maximum absolute atomic E-state index is 8.97. The second-order valence-electron chi connectivity index (χ2n) is 5.48. The maximum atomic E-state index is 8.97. The molecule has 1 aliphatic heterocycles. The Morgan fingerprint density at radius 3 is 2.78 bits per heavy atom. The highest BCUT2D eigenvalue weighted by molar-refractivity contribution is 5.45. The summed E-state index contributed by atoms with van der Waals surface area (Å²) >= 11 is 0. The van der Waals surface area contributed by atoms with Crippen LogP contribution >= 0.6 is 0 Å². The molecule has 0 aromatic heterocycles. The van der Waals surface area contributed by atoms with Gasteiger partial charge in [0.15, 0.2) is 0 Å². The Morgan fingerprint density at radius 1 is 1.44 bits per heavy atom. The monoisotopic (exact) mass is 244 g/mol. The lowest BCUT2D eigenvalue weighted by Crippen LogP contribution is -2.37. The van der Waals surface area contributed by atoms with Crippen molar-refractivity contribution < 1.29 is 4.74 Å². The average Bonchev–Trinajstić information content (AvgIpc) is 2.68. The van der Waals surface area contributed by atoms with E-state index in [4.69, 9.17) is 10.00 Å². The molecule has 0 unspecified atom stereocenters. The standard InChI is InChI=1S/C15H20N2O/c1-15(2)7-4-8-17(15)11-12-5-6-13(10-16)14(9-12)18-3/h5-6,9H,4,7-8,11H2,1-3H3. The molecule has 1 aromatic carbocycles. The number of hydrogen-bond acceptors (Lipinski definition) is 3. The zero-order valence-corrected chi connectivity index (χ0v) is 11.4. The van der Waals surface area contributed by atoms with E-state index in [1.54, 1.807) is 7.11 Å². The Morgan fingerprint density at radius 2 is 2.22 bits per heavy atom. The van der Waals surface area contributed by atoms with Crippen LogP contribution in [0.25, 0.3) is 0 Å². The van der Waals surface area contributed by atoms with Crippen LogP contribution in [0.3, 0.4) is 0 Å². The Bertz CT molecular complexity index is 474. The molecule has 0 radical (unpaired) electrons. The van der Waals surface area contributed by atoms with Crippen LogP contribution in [0.15, 0.2) is 18.2 Å². The van der Waals surface area contributed by atoms with Crippen molar-refractivity contribution >= 4 is 0 Å². The van der Waals surface area contributed by atoms with Crippen molar-refractivity contribution in [2.24, 2.45) is 0 Å². The van der Waals surface area contributed by atoms with Gasteiger partial charge in [-0.15, -0.1) is 0 Å². The van der Waals surface area contributed by atoms with Crippen LogP contribution in [0.5, 0.6) is 5.75 Å². The van der Waals surface area contributed by atoms with Crippen molar-refractivity contribution in [1.29, 1.82) is 5.26 Å². The first-order valence-electron chi connectivity index (χ1n) is 6.39. The van der Waals surface area contributed by atoms with Crippen molar-refractivity contribution in [1.82, 2.24) is 4.90 Å². The number of nitrogens with zero attached hydrogens (tertiary/aromatic N) is 2. The Balaban J connectivity index is 2.18. The Labute approximate surface area is 109 Å². The molecule has 96 valence electrons. The molecule has 0 atom stereocenters. The van der Waals surface area contributed by atoms with E-state index in [9.17, 15) is 0 Å². The summed E-state index contributed by atoms with van der Waals surface area (Å²) in [6.45, 7) is 6.66. The maximum Gasteiger partial charge on any atom is 0.136 e. The number of methoxy groups -OCH3 is 1. The normalized spacial score (nSPS) is 18.6. The molecule has 0 saturated carbocycles. The molecule has 0 N–H and O–H groups in total. The molecule has 3 nitrogen and oxygen atoms in total. The molecule has 0 amide bonds. The molecule has 0 spiro atoms. The first-order chi connectivity index (χ1) is 8.56. The quantitative estimate of drug-likeness (QED) is 0.820. The van der Waals surface area contributed by atoms with Gasteiger partial charge in [-0.25, -0.2) is 0 Å². The van der Waals surface area contributed by atoms with Crippen LogP contribution in [0, 0.1) is 11.3 Å². The molecule has 2 rings (SSSR count). The number of nitriles is 1. The van der Waals surface area contributed by atoms with Crippen molar-refractivity contribution in [3.05, 3.63) is 29.3 Å². The minimum Gasteiger partial charge on any atom is -0.495 e. The van der Waals surface area contributed by atoms with Crippen LogP contribution in [-0.4, -0.2) is 24.1 Å². The van der Waals surface area contributed by atoms with Crippen LogP contribution < -0.4 is 4.74 Å². The molecular formula is C15H20N2O. The number of likely N-dealkylation sites (tertiary alicyclic amines) is 1. The summed E-state index contributed by atoms with van der Waals surface area (Å²) in [5, 5.41) is 8.97. The second kappa shape index (κ2) is 4.99. The van der Waals surface area contributed by atoms with Gasteiger partial charge in [-0.1, -0.05) is 6.07 Å². The number of benzene rings is 1. The van der Waals surface area contributed by atoms with E-state index in [1.807, 2.05) is 18.2 Å². The number of ether oxygens (including phenoxy) is 1. The summed E-state index contributed by atoms with van der Waals surface area (Å²) in [6.07, 6.45) is 2.51. The summed E-state index contributed by atoms with van der Waals surface area (Å²) in [6, 6.07) is 7.99. The first kappa shape index (κ1) is 12.9. The van der Waals surface area contributed by atoms with Gasteiger partial charge in [-0.2, -0.15) is 5.26 Å². The Hall–Kier alpha value is -1.53. The predicted molar refractivity (Wildman–Crippen MR) is 71.4 cm³/mol. The van der Waals surface area contributed by atoms with Crippen molar-refractivity contribution in [2.45, 2.75) is 38.8 Å². The van der Waals surface area contributed by atoms with Gasteiger partial charge in [0.1, 0.15) is 11.8 Å². The van der Waals surface area contributed by atoms with E-state index < -0.39 is 0 Å². The summed E-state index contributed by atoms with van der Waals surface area (Å²) in [5.74, 6) is 0.673. The number of hydrogen-bond donors (Lipinski definition) is 0. The van der Waals surface area contributed by atoms with E-state index in [0.29, 0.717) is 11.3 Å². The number of rotatable bonds is 3. The van der Waals surface area contributed by atoms with E-state index in [2.05, 4.69) is 24.8 Å². The van der Waals surface area contributed by atoms with Crippen LogP contribution in [0.1, 0.15) is 37.8 Å². The fraction of sp³-hybridized carbons (Fsp3) is 0.533. The smallest absolute Gasteiger partial charge is 0.136 e. The third kappa shape index (κ3) is 2.49. The molecule has 1 heterocycles. The molecule has 0 aliphatic carbocycles. The summed E-state index contributed by atoms with van der Waals surface area (Å²) in [4.78, 5) is 2.49. The van der Waals surface area contributed by atoms with Gasteiger partial charge < -0.3 is 4.74 Å². The fourth-order valence-electron chi connectivity index (χ4n) is 2.60. The van der Waals surface area contributed by atoms with Gasteiger partial charge in [0.05, 0.1) is 12.7 Å².